The molecule has 5 aliphatic rings. The van der Waals surface area contributed by atoms with Crippen molar-refractivity contribution in [2.75, 3.05) is 0 Å². The maximum Gasteiger partial charge on any atom is 0.156 e. The number of aliphatic imine (C=N–C) groups is 8. The zero-order valence-electron chi connectivity index (χ0n) is 12.2. The molecular formula is C16H8N8. The van der Waals surface area contributed by atoms with Gasteiger partial charge in [-0.1, -0.05) is 0 Å². The van der Waals surface area contributed by atoms with Crippen molar-refractivity contribution in [2.45, 2.75) is 0 Å². The van der Waals surface area contributed by atoms with Gasteiger partial charge < -0.3 is 0 Å². The predicted octanol–water partition coefficient (Wildman–Crippen LogP) is 1.47. The Kier molecular flexibility index (Phi) is 2.63. The van der Waals surface area contributed by atoms with E-state index in [1.807, 2.05) is 0 Å². The highest BCUT2D eigenvalue weighted by molar-refractivity contribution is 6.28. The summed E-state index contributed by atoms with van der Waals surface area (Å²) >= 11 is 0. The van der Waals surface area contributed by atoms with E-state index in [1.54, 1.807) is 48.6 Å². The molecule has 0 spiro atoms. The summed E-state index contributed by atoms with van der Waals surface area (Å²) in [4.78, 5) is 34.8. The van der Waals surface area contributed by atoms with Gasteiger partial charge in [0.1, 0.15) is 0 Å². The highest BCUT2D eigenvalue weighted by Gasteiger charge is 2.13. The van der Waals surface area contributed by atoms with Crippen LogP contribution in [0.4, 0.5) is 0 Å². The molecule has 5 rings (SSSR count). The molecule has 8 heteroatoms. The Morgan fingerprint density at radius 3 is 0.500 bits per heavy atom. The first kappa shape index (κ1) is 12.8. The normalized spacial score (nSPS) is 22.7. The van der Waals surface area contributed by atoms with Crippen LogP contribution >= 0.6 is 0 Å². The first-order valence-corrected chi connectivity index (χ1v) is 7.22. The van der Waals surface area contributed by atoms with E-state index >= 15 is 0 Å². The fourth-order valence-electron chi connectivity index (χ4n) is 2.33. The van der Waals surface area contributed by atoms with Crippen molar-refractivity contribution in [2.24, 2.45) is 39.9 Å². The van der Waals surface area contributed by atoms with Crippen LogP contribution in [0.2, 0.25) is 0 Å². The minimum absolute atomic E-state index is 0.538. The monoisotopic (exact) mass is 312 g/mol. The number of hydrogen-bond donors (Lipinski definition) is 0. The molecule has 0 aromatic carbocycles. The minimum Gasteiger partial charge on any atom is -0.209 e. The molecule has 0 saturated heterocycles. The molecule has 5 heterocycles. The molecule has 0 atom stereocenters. The average molecular weight is 312 g/mol. The van der Waals surface area contributed by atoms with Crippen molar-refractivity contribution in [1.29, 1.82) is 0 Å². The highest BCUT2D eigenvalue weighted by Crippen LogP contribution is 2.10. The molecule has 0 N–H and O–H groups in total. The predicted molar refractivity (Wildman–Crippen MR) is 96.0 cm³/mol. The average Bonchev–Trinajstić information content (AvgIpc) is 3.32. The van der Waals surface area contributed by atoms with E-state index < -0.39 is 0 Å². The lowest BCUT2D eigenvalue weighted by Gasteiger charge is -1.92. The van der Waals surface area contributed by atoms with E-state index in [9.17, 15) is 0 Å². The summed E-state index contributed by atoms with van der Waals surface area (Å²) < 4.78 is 0. The summed E-state index contributed by atoms with van der Waals surface area (Å²) in [6, 6.07) is 0. The number of amidine groups is 8. The molecule has 8 nitrogen and oxygen atoms in total. The Labute approximate surface area is 136 Å². The van der Waals surface area contributed by atoms with Gasteiger partial charge in [-0.25, -0.2) is 39.9 Å². The zero-order chi connectivity index (χ0) is 15.9. The second kappa shape index (κ2) is 4.92. The maximum absolute atomic E-state index is 4.37. The molecule has 0 aromatic rings. The van der Waals surface area contributed by atoms with E-state index in [0.29, 0.717) is 46.7 Å². The third kappa shape index (κ3) is 2.35. The molecular weight excluding hydrogens is 304 g/mol. The molecule has 0 unspecified atom stereocenters. The van der Waals surface area contributed by atoms with E-state index in [2.05, 4.69) is 39.9 Å². The van der Waals surface area contributed by atoms with Crippen LogP contribution in [0.25, 0.3) is 0 Å². The van der Waals surface area contributed by atoms with E-state index in [0.717, 1.165) is 0 Å². The topological polar surface area (TPSA) is 98.9 Å². The molecule has 0 aromatic heterocycles. The van der Waals surface area contributed by atoms with Crippen LogP contribution in [0.15, 0.2) is 88.5 Å². The second-order valence-corrected chi connectivity index (χ2v) is 5.09. The largest absolute Gasteiger partial charge is 0.209 e. The van der Waals surface area contributed by atoms with E-state index in [1.165, 1.54) is 0 Å². The lowest BCUT2D eigenvalue weighted by Crippen LogP contribution is -1.98. The third-order valence-electron chi connectivity index (χ3n) is 3.36. The van der Waals surface area contributed by atoms with Crippen LogP contribution in [0.3, 0.4) is 0 Å². The molecule has 0 radical (unpaired) electrons. The Morgan fingerprint density at radius 2 is 0.375 bits per heavy atom. The Bertz CT molecular complexity index is 848. The first-order chi connectivity index (χ1) is 11.8. The summed E-state index contributed by atoms with van der Waals surface area (Å²) in [5.74, 6) is 4.30. The first-order valence-electron chi connectivity index (χ1n) is 7.22. The number of nitrogens with zero attached hydrogens (tertiary/aromatic N) is 8. The number of hydrogen-bond acceptors (Lipinski definition) is 8. The van der Waals surface area contributed by atoms with Crippen LogP contribution in [-0.2, 0) is 0 Å². The quantitative estimate of drug-likeness (QED) is 0.647. The number of rotatable bonds is 0. The Hall–Kier alpha value is -3.68. The van der Waals surface area contributed by atoms with Gasteiger partial charge in [0.15, 0.2) is 46.7 Å². The molecule has 0 amide bonds. The molecule has 112 valence electrons. The van der Waals surface area contributed by atoms with Crippen LogP contribution in [-0.4, -0.2) is 46.7 Å². The highest BCUT2D eigenvalue weighted by atomic mass is 15.1. The number of fused-ring (bicyclic) bond motifs is 4. The van der Waals surface area contributed by atoms with Crippen LogP contribution in [0.1, 0.15) is 0 Å². The van der Waals surface area contributed by atoms with Crippen LogP contribution in [0, 0.1) is 0 Å². The van der Waals surface area contributed by atoms with Crippen molar-refractivity contribution >= 4 is 46.7 Å². The van der Waals surface area contributed by atoms with Crippen molar-refractivity contribution in [1.82, 2.24) is 0 Å². The lowest BCUT2D eigenvalue weighted by molar-refractivity contribution is 1.50. The Morgan fingerprint density at radius 1 is 0.250 bits per heavy atom. The molecule has 24 heavy (non-hydrogen) atoms. The maximum atomic E-state index is 4.37. The summed E-state index contributed by atoms with van der Waals surface area (Å²) in [5.41, 5.74) is 0. The van der Waals surface area contributed by atoms with E-state index in [4.69, 9.17) is 0 Å². The lowest BCUT2D eigenvalue weighted by atomic mass is 10.4. The fourth-order valence-corrected chi connectivity index (χ4v) is 2.33. The van der Waals surface area contributed by atoms with Crippen LogP contribution in [0.5, 0.6) is 0 Å². The van der Waals surface area contributed by atoms with Crippen molar-refractivity contribution < 1.29 is 0 Å². The van der Waals surface area contributed by atoms with Gasteiger partial charge in [-0.2, -0.15) is 0 Å². The van der Waals surface area contributed by atoms with Crippen molar-refractivity contribution in [3.8, 4) is 0 Å². The smallest absolute Gasteiger partial charge is 0.156 e. The summed E-state index contributed by atoms with van der Waals surface area (Å²) in [6.45, 7) is 0. The second-order valence-electron chi connectivity index (χ2n) is 5.09. The fraction of sp³-hybridized carbons (Fsp3) is 0. The van der Waals surface area contributed by atoms with Gasteiger partial charge in [0.25, 0.3) is 0 Å². The standard InChI is InChI=1S/C16H8N8/c1-2-10-17-9(1)21-11-3-4-13(18-11)23-15-7-8-16(20-15)24-14-6-5-12(19-14)22-10/h1-8H. The molecule has 0 aliphatic carbocycles. The third-order valence-corrected chi connectivity index (χ3v) is 3.36. The summed E-state index contributed by atoms with van der Waals surface area (Å²) in [7, 11) is 0. The van der Waals surface area contributed by atoms with Gasteiger partial charge in [-0.15, -0.1) is 0 Å². The van der Waals surface area contributed by atoms with Gasteiger partial charge in [0.05, 0.1) is 0 Å². The SMILES string of the molecule is C1=CC2=NC3=NC(=NC4=NC(=NC5=NC(=NC1=N2)C=C5)C=C4)C=C3. The molecule has 8 bridgehead atoms. The zero-order valence-corrected chi connectivity index (χ0v) is 12.2. The minimum atomic E-state index is 0.538. The van der Waals surface area contributed by atoms with Gasteiger partial charge in [0.2, 0.25) is 0 Å². The van der Waals surface area contributed by atoms with Crippen molar-refractivity contribution in [3.05, 3.63) is 48.6 Å². The summed E-state index contributed by atoms with van der Waals surface area (Å²) in [5, 5.41) is 0. The van der Waals surface area contributed by atoms with Gasteiger partial charge in [-0.05, 0) is 48.6 Å². The van der Waals surface area contributed by atoms with Gasteiger partial charge >= 0.3 is 0 Å². The van der Waals surface area contributed by atoms with Gasteiger partial charge in [-0.3, -0.25) is 0 Å². The van der Waals surface area contributed by atoms with Crippen molar-refractivity contribution in [3.63, 3.8) is 0 Å². The Balaban J connectivity index is 1.65. The van der Waals surface area contributed by atoms with E-state index in [-0.39, 0.29) is 0 Å². The molecule has 0 saturated carbocycles. The summed E-state index contributed by atoms with van der Waals surface area (Å²) in [6.07, 6.45) is 14.2. The molecule has 0 fully saturated rings. The van der Waals surface area contributed by atoms with Gasteiger partial charge in [0, 0.05) is 0 Å². The van der Waals surface area contributed by atoms with Crippen LogP contribution < -0.4 is 0 Å². The molecule has 5 aliphatic heterocycles.